The van der Waals surface area contributed by atoms with Crippen molar-refractivity contribution in [1.82, 2.24) is 0 Å². The number of hydrogen-bond donors (Lipinski definition) is 0. The van der Waals surface area contributed by atoms with Crippen molar-refractivity contribution in [2.45, 2.75) is 11.5 Å². The SMILES string of the molecule is C1#Cc2ccccc2C#CCS/C(SCc2ccccc2)=C(/SCc2ccccc2)SC1. The Hall–Kier alpha value is -2.08. The summed E-state index contributed by atoms with van der Waals surface area (Å²) in [6.45, 7) is 0. The minimum Gasteiger partial charge on any atom is -0.113 e. The van der Waals surface area contributed by atoms with E-state index >= 15 is 0 Å². The van der Waals surface area contributed by atoms with E-state index in [1.54, 1.807) is 0 Å². The van der Waals surface area contributed by atoms with Crippen molar-refractivity contribution < 1.29 is 0 Å². The predicted octanol–water partition coefficient (Wildman–Crippen LogP) is 7.86. The number of rotatable bonds is 6. The fourth-order valence-electron chi connectivity index (χ4n) is 2.93. The van der Waals surface area contributed by atoms with Gasteiger partial charge in [-0.15, -0.1) is 47.0 Å². The topological polar surface area (TPSA) is 0 Å². The highest BCUT2D eigenvalue weighted by molar-refractivity contribution is 8.27. The Bertz CT molecular complexity index is 1080. The van der Waals surface area contributed by atoms with Crippen LogP contribution in [0.4, 0.5) is 0 Å². The fraction of sp³-hybridized carbons (Fsp3) is 0.143. The molecule has 0 nitrogen and oxygen atoms in total. The zero-order valence-corrected chi connectivity index (χ0v) is 20.8. The molecule has 0 radical (unpaired) electrons. The highest BCUT2D eigenvalue weighted by atomic mass is 32.2. The van der Waals surface area contributed by atoms with Crippen molar-refractivity contribution in [3.63, 3.8) is 0 Å². The molecular weight excluding hydrogens is 465 g/mol. The molecule has 0 saturated heterocycles. The Labute approximate surface area is 208 Å². The quantitative estimate of drug-likeness (QED) is 0.325. The Balaban J connectivity index is 1.57. The minimum atomic E-state index is 0.773. The van der Waals surface area contributed by atoms with E-state index in [9.17, 15) is 0 Å². The Morgan fingerprint density at radius 1 is 0.562 bits per heavy atom. The molecular formula is C28H22S4. The molecule has 0 aliphatic carbocycles. The summed E-state index contributed by atoms with van der Waals surface area (Å²) >= 11 is 7.53. The van der Waals surface area contributed by atoms with Gasteiger partial charge < -0.3 is 0 Å². The Morgan fingerprint density at radius 3 is 1.41 bits per heavy atom. The van der Waals surface area contributed by atoms with Gasteiger partial charge in [-0.2, -0.15) is 0 Å². The molecule has 1 heterocycles. The molecule has 32 heavy (non-hydrogen) atoms. The molecule has 3 aromatic carbocycles. The van der Waals surface area contributed by atoms with Gasteiger partial charge in [-0.25, -0.2) is 0 Å². The second-order valence-corrected chi connectivity index (χ2v) is 11.3. The van der Waals surface area contributed by atoms with Crippen molar-refractivity contribution in [1.29, 1.82) is 0 Å². The van der Waals surface area contributed by atoms with Crippen LogP contribution < -0.4 is 0 Å². The molecule has 0 spiro atoms. The highest BCUT2D eigenvalue weighted by Crippen LogP contribution is 2.44. The van der Waals surface area contributed by atoms with Gasteiger partial charge in [0.05, 0.1) is 20.0 Å². The summed E-state index contributed by atoms with van der Waals surface area (Å²) in [5.41, 5.74) is 4.72. The lowest BCUT2D eigenvalue weighted by molar-refractivity contribution is 1.42. The van der Waals surface area contributed by atoms with E-state index in [-0.39, 0.29) is 0 Å². The molecule has 1 aliphatic heterocycles. The first-order valence-electron chi connectivity index (χ1n) is 10.3. The first kappa shape index (κ1) is 23.1. The van der Waals surface area contributed by atoms with Crippen LogP contribution in [0.15, 0.2) is 93.4 Å². The van der Waals surface area contributed by atoms with Gasteiger partial charge in [0.2, 0.25) is 0 Å². The standard InChI is InChI=1S/C28H22S4/c1-3-11-23(12-4-1)21-31-27-28(32-22-24-13-5-2-6-14-24)30-20-10-18-26-16-8-7-15-25(26)17-9-19-29-27/h1-8,11-16H,19-22H2/b28-27-. The van der Waals surface area contributed by atoms with Gasteiger partial charge in [-0.1, -0.05) is 96.5 Å². The molecule has 0 fully saturated rings. The molecule has 158 valence electrons. The smallest absolute Gasteiger partial charge is 0.0615 e. The zero-order valence-electron chi connectivity index (χ0n) is 17.5. The van der Waals surface area contributed by atoms with Crippen LogP contribution in [0, 0.1) is 23.7 Å². The number of hydrogen-bond acceptors (Lipinski definition) is 4. The highest BCUT2D eigenvalue weighted by Gasteiger charge is 2.12. The molecule has 0 unspecified atom stereocenters. The molecule has 0 amide bonds. The van der Waals surface area contributed by atoms with Gasteiger partial charge in [0.15, 0.2) is 0 Å². The van der Waals surface area contributed by atoms with E-state index in [0.717, 1.165) is 34.1 Å². The van der Waals surface area contributed by atoms with Crippen LogP contribution in [-0.2, 0) is 11.5 Å². The average molecular weight is 487 g/mol. The van der Waals surface area contributed by atoms with E-state index in [0.29, 0.717) is 0 Å². The van der Waals surface area contributed by atoms with Crippen LogP contribution in [0.25, 0.3) is 0 Å². The van der Waals surface area contributed by atoms with Crippen molar-refractivity contribution in [3.8, 4) is 23.7 Å². The normalized spacial score (nSPS) is 15.8. The van der Waals surface area contributed by atoms with Gasteiger partial charge in [0.1, 0.15) is 0 Å². The zero-order chi connectivity index (χ0) is 21.8. The maximum absolute atomic E-state index is 3.36. The van der Waals surface area contributed by atoms with E-state index < -0.39 is 0 Å². The van der Waals surface area contributed by atoms with Gasteiger partial charge >= 0.3 is 0 Å². The van der Waals surface area contributed by atoms with Crippen LogP contribution in [0.1, 0.15) is 22.3 Å². The van der Waals surface area contributed by atoms with E-state index in [1.165, 1.54) is 19.6 Å². The van der Waals surface area contributed by atoms with Crippen LogP contribution in [0.5, 0.6) is 0 Å². The molecule has 0 saturated carbocycles. The maximum atomic E-state index is 3.36. The first-order valence-corrected chi connectivity index (χ1v) is 14.2. The molecule has 4 heteroatoms. The maximum Gasteiger partial charge on any atom is 0.0615 e. The third kappa shape index (κ3) is 7.22. The van der Waals surface area contributed by atoms with Crippen LogP contribution in [0.2, 0.25) is 0 Å². The third-order valence-electron chi connectivity index (χ3n) is 4.52. The van der Waals surface area contributed by atoms with Gasteiger partial charge in [-0.05, 0) is 23.3 Å². The van der Waals surface area contributed by atoms with E-state index in [2.05, 4.69) is 96.5 Å². The lowest BCUT2D eigenvalue weighted by Gasteiger charge is -2.13. The van der Waals surface area contributed by atoms with Crippen molar-refractivity contribution >= 4 is 47.0 Å². The lowest BCUT2D eigenvalue weighted by atomic mass is 10.1. The molecule has 0 aromatic heterocycles. The molecule has 0 atom stereocenters. The van der Waals surface area contributed by atoms with E-state index in [4.69, 9.17) is 0 Å². The molecule has 0 bridgehead atoms. The van der Waals surface area contributed by atoms with Gasteiger partial charge in [0.25, 0.3) is 0 Å². The molecule has 0 N–H and O–H groups in total. The summed E-state index contributed by atoms with van der Waals surface area (Å²) in [6.07, 6.45) is 0. The number of thioether (sulfide) groups is 4. The summed E-state index contributed by atoms with van der Waals surface area (Å²) in [7, 11) is 0. The molecule has 3 aromatic rings. The average Bonchev–Trinajstić information content (AvgIpc) is 2.84. The summed E-state index contributed by atoms with van der Waals surface area (Å²) < 4.78 is 2.70. The van der Waals surface area contributed by atoms with Gasteiger partial charge in [0, 0.05) is 22.6 Å². The Kier molecular flexibility index (Phi) is 9.26. The summed E-state index contributed by atoms with van der Waals surface area (Å²) in [6, 6.07) is 29.5. The van der Waals surface area contributed by atoms with Crippen molar-refractivity contribution in [2.75, 3.05) is 11.5 Å². The van der Waals surface area contributed by atoms with Crippen LogP contribution >= 0.6 is 47.0 Å². The second kappa shape index (κ2) is 12.8. The molecule has 4 rings (SSSR count). The second-order valence-electron chi connectivity index (χ2n) is 6.85. The van der Waals surface area contributed by atoms with Crippen LogP contribution in [0.3, 0.4) is 0 Å². The number of fused-ring (bicyclic) bond motifs is 1. The van der Waals surface area contributed by atoms with E-state index in [1.807, 2.05) is 59.2 Å². The van der Waals surface area contributed by atoms with Gasteiger partial charge in [-0.3, -0.25) is 0 Å². The number of benzene rings is 3. The van der Waals surface area contributed by atoms with Crippen molar-refractivity contribution in [2.24, 2.45) is 0 Å². The summed E-state index contributed by atoms with van der Waals surface area (Å²) in [5.74, 6) is 16.8. The monoisotopic (exact) mass is 486 g/mol. The molecule has 1 aliphatic rings. The first-order chi connectivity index (χ1) is 15.9. The lowest BCUT2D eigenvalue weighted by Crippen LogP contribution is -1.89. The summed E-state index contributed by atoms with van der Waals surface area (Å²) in [4.78, 5) is 0. The summed E-state index contributed by atoms with van der Waals surface area (Å²) in [5, 5.41) is 0. The largest absolute Gasteiger partial charge is 0.113 e. The van der Waals surface area contributed by atoms with Crippen molar-refractivity contribution in [3.05, 3.63) is 116 Å². The third-order valence-corrected chi connectivity index (χ3v) is 9.85. The van der Waals surface area contributed by atoms with Crippen LogP contribution in [-0.4, -0.2) is 11.5 Å². The predicted molar refractivity (Wildman–Crippen MR) is 148 cm³/mol. The minimum absolute atomic E-state index is 0.773. The Morgan fingerprint density at radius 2 is 0.969 bits per heavy atom. The fourth-order valence-corrected chi connectivity index (χ4v) is 7.72.